The van der Waals surface area contributed by atoms with Crippen molar-refractivity contribution in [2.45, 2.75) is 43.5 Å². The van der Waals surface area contributed by atoms with Gasteiger partial charge in [-0.1, -0.05) is 23.8 Å². The molecule has 2 aromatic heterocycles. The maximum atomic E-state index is 13.8. The third-order valence-electron chi connectivity index (χ3n) is 6.61. The second-order valence-electron chi connectivity index (χ2n) is 9.32. The Balaban J connectivity index is 1.63. The summed E-state index contributed by atoms with van der Waals surface area (Å²) in [5.74, 6) is -1.88. The fourth-order valence-electron chi connectivity index (χ4n) is 4.84. The quantitative estimate of drug-likeness (QED) is 0.416. The number of hydrogen-bond acceptors (Lipinski definition) is 6. The molecule has 0 amide bonds. The van der Waals surface area contributed by atoms with Crippen LogP contribution in [0.4, 0.5) is 20.3 Å². The molecule has 0 aliphatic carbocycles. The predicted molar refractivity (Wildman–Crippen MR) is 133 cm³/mol. The van der Waals surface area contributed by atoms with Gasteiger partial charge in [0, 0.05) is 43.6 Å². The summed E-state index contributed by atoms with van der Waals surface area (Å²) in [5, 5.41) is 13.6. The largest absolute Gasteiger partial charge is 0.377 e. The third-order valence-corrected chi connectivity index (χ3v) is 7.76. The number of halogens is 2. The number of sulfone groups is 1. The van der Waals surface area contributed by atoms with E-state index in [1.165, 1.54) is 6.26 Å². The minimum Gasteiger partial charge on any atom is -0.377 e. The van der Waals surface area contributed by atoms with Crippen LogP contribution in [0.15, 0.2) is 53.7 Å². The smallest absolute Gasteiger partial charge is 0.251 e. The molecule has 3 heterocycles. The summed E-state index contributed by atoms with van der Waals surface area (Å²) in [7, 11) is -3.42. The van der Waals surface area contributed by atoms with Crippen LogP contribution >= 0.6 is 0 Å². The summed E-state index contributed by atoms with van der Waals surface area (Å²) in [4.78, 5) is 2.19. The van der Waals surface area contributed by atoms with E-state index in [4.69, 9.17) is 0 Å². The Labute approximate surface area is 202 Å². The fraction of sp³-hybridized carbons (Fsp3) is 0.360. The van der Waals surface area contributed by atoms with Crippen LogP contribution in [0.3, 0.4) is 0 Å². The molecule has 0 unspecified atom stereocenters. The van der Waals surface area contributed by atoms with E-state index in [-0.39, 0.29) is 36.9 Å². The van der Waals surface area contributed by atoms with Gasteiger partial charge in [-0.25, -0.2) is 17.2 Å². The highest BCUT2D eigenvalue weighted by Gasteiger charge is 2.35. The lowest BCUT2D eigenvalue weighted by Crippen LogP contribution is -2.40. The number of aromatic nitrogens is 3. The van der Waals surface area contributed by atoms with Gasteiger partial charge in [0.05, 0.1) is 10.6 Å². The van der Waals surface area contributed by atoms with Gasteiger partial charge in [0.25, 0.3) is 5.92 Å². The van der Waals surface area contributed by atoms with Crippen molar-refractivity contribution < 1.29 is 17.2 Å². The van der Waals surface area contributed by atoms with E-state index in [2.05, 4.69) is 21.6 Å². The Kier molecular flexibility index (Phi) is 5.66. The Hall–Kier alpha value is -3.27. The first kappa shape index (κ1) is 23.5. The molecule has 35 heavy (non-hydrogen) atoms. The number of rotatable bonds is 5. The van der Waals surface area contributed by atoms with E-state index in [9.17, 15) is 17.2 Å². The number of fused-ring (bicyclic) bond motifs is 3. The second kappa shape index (κ2) is 8.44. The molecule has 1 aliphatic heterocycles. The van der Waals surface area contributed by atoms with Gasteiger partial charge in [0.2, 0.25) is 0 Å². The van der Waals surface area contributed by atoms with Gasteiger partial charge < -0.3 is 10.2 Å². The van der Waals surface area contributed by atoms with Crippen LogP contribution in [0.1, 0.15) is 36.9 Å². The third kappa shape index (κ3) is 4.42. The van der Waals surface area contributed by atoms with Gasteiger partial charge in [0.1, 0.15) is 12.1 Å². The number of alkyl halides is 2. The molecule has 4 aromatic rings. The topological polar surface area (TPSA) is 79.6 Å². The average Bonchev–Trinajstić information content (AvgIpc) is 3.28. The molecule has 1 fully saturated rings. The van der Waals surface area contributed by atoms with Crippen LogP contribution in [-0.4, -0.2) is 48.3 Å². The number of aryl methyl sites for hydroxylation is 1. The van der Waals surface area contributed by atoms with Gasteiger partial charge >= 0.3 is 0 Å². The molecular formula is C25H27F2N5O2S. The van der Waals surface area contributed by atoms with Crippen molar-refractivity contribution >= 4 is 37.8 Å². The molecule has 1 N–H and O–H groups in total. The number of hydrogen-bond donors (Lipinski definition) is 1. The molecule has 1 aliphatic rings. The van der Waals surface area contributed by atoms with Crippen molar-refractivity contribution in [1.82, 2.24) is 14.6 Å². The highest BCUT2D eigenvalue weighted by Crippen LogP contribution is 2.36. The lowest BCUT2D eigenvalue weighted by Gasteiger charge is -2.34. The molecule has 0 saturated carbocycles. The first-order valence-corrected chi connectivity index (χ1v) is 13.4. The van der Waals surface area contributed by atoms with Crippen LogP contribution in [0, 0.1) is 6.92 Å². The van der Waals surface area contributed by atoms with E-state index in [0.29, 0.717) is 11.3 Å². The van der Waals surface area contributed by atoms with Crippen LogP contribution < -0.4 is 10.2 Å². The number of benzene rings is 2. The van der Waals surface area contributed by atoms with Gasteiger partial charge in [0.15, 0.2) is 15.5 Å². The molecule has 0 radical (unpaired) electrons. The Bertz CT molecular complexity index is 1520. The zero-order valence-corrected chi connectivity index (χ0v) is 20.6. The monoisotopic (exact) mass is 499 g/mol. The zero-order valence-electron chi connectivity index (χ0n) is 19.8. The van der Waals surface area contributed by atoms with Gasteiger partial charge in [-0.15, -0.1) is 10.2 Å². The Morgan fingerprint density at radius 3 is 2.51 bits per heavy atom. The van der Waals surface area contributed by atoms with E-state index in [1.807, 2.05) is 35.3 Å². The van der Waals surface area contributed by atoms with E-state index >= 15 is 0 Å². The van der Waals surface area contributed by atoms with Crippen molar-refractivity contribution in [1.29, 1.82) is 0 Å². The molecule has 10 heteroatoms. The van der Waals surface area contributed by atoms with E-state index in [1.54, 1.807) is 30.6 Å². The second-order valence-corrected chi connectivity index (χ2v) is 11.3. The van der Waals surface area contributed by atoms with E-state index < -0.39 is 15.8 Å². The van der Waals surface area contributed by atoms with Crippen LogP contribution in [0.5, 0.6) is 0 Å². The molecule has 7 nitrogen and oxygen atoms in total. The summed E-state index contributed by atoms with van der Waals surface area (Å²) in [6, 6.07) is 12.7. The summed E-state index contributed by atoms with van der Waals surface area (Å²) in [6.45, 7) is 4.45. The lowest BCUT2D eigenvalue weighted by molar-refractivity contribution is -0.0221. The van der Waals surface area contributed by atoms with Crippen LogP contribution in [0.2, 0.25) is 0 Å². The molecule has 0 spiro atoms. The van der Waals surface area contributed by atoms with Crippen LogP contribution in [0.25, 0.3) is 16.4 Å². The van der Waals surface area contributed by atoms with E-state index in [0.717, 1.165) is 27.7 Å². The van der Waals surface area contributed by atoms with Crippen molar-refractivity contribution in [2.24, 2.45) is 0 Å². The standard InChI is InChI=1S/C25H27F2N5O2S/c1-16-12-18(17(2)29-21-6-4-5-7-22(21)35(3,33)34)19-14-23(31-10-8-25(26,27)9-11-31)32-15-28-30-24(32)20(19)13-16/h4-7,12-15,17,29H,8-11H2,1-3H3/t17-/m0/s1. The number of anilines is 2. The number of pyridine rings is 1. The van der Waals surface area contributed by atoms with Crippen molar-refractivity contribution in [2.75, 3.05) is 29.6 Å². The maximum Gasteiger partial charge on any atom is 0.251 e. The van der Waals surface area contributed by atoms with Crippen LogP contribution in [-0.2, 0) is 9.84 Å². The lowest BCUT2D eigenvalue weighted by atomic mass is 9.97. The SMILES string of the molecule is Cc1cc([C@H](C)Nc2ccccc2S(C)(=O)=O)c2cc(N3CCC(F)(F)CC3)n3cnnc3c2c1. The fourth-order valence-corrected chi connectivity index (χ4v) is 5.69. The van der Waals surface area contributed by atoms with Gasteiger partial charge in [-0.2, -0.15) is 0 Å². The molecule has 184 valence electrons. The highest BCUT2D eigenvalue weighted by molar-refractivity contribution is 7.90. The molecule has 2 aromatic carbocycles. The average molecular weight is 500 g/mol. The molecule has 0 bridgehead atoms. The van der Waals surface area contributed by atoms with Crippen molar-refractivity contribution in [3.05, 3.63) is 59.9 Å². The summed E-state index contributed by atoms with van der Waals surface area (Å²) < 4.78 is 54.1. The Morgan fingerprint density at radius 2 is 1.80 bits per heavy atom. The molecular weight excluding hydrogens is 472 g/mol. The summed E-state index contributed by atoms with van der Waals surface area (Å²) in [6.07, 6.45) is 2.41. The molecule has 5 rings (SSSR count). The van der Waals surface area contributed by atoms with Gasteiger partial charge in [-0.05, 0) is 49.1 Å². The minimum absolute atomic E-state index is 0.199. The number of para-hydroxylation sites is 1. The van der Waals surface area contributed by atoms with Gasteiger partial charge in [-0.3, -0.25) is 4.40 Å². The highest BCUT2D eigenvalue weighted by atomic mass is 32.2. The number of piperidine rings is 1. The maximum absolute atomic E-state index is 13.8. The van der Waals surface area contributed by atoms with Crippen molar-refractivity contribution in [3.8, 4) is 0 Å². The molecule has 1 saturated heterocycles. The predicted octanol–water partition coefficient (Wildman–Crippen LogP) is 5.00. The minimum atomic E-state index is -3.42. The summed E-state index contributed by atoms with van der Waals surface area (Å²) in [5.41, 5.74) is 3.16. The normalized spacial score (nSPS) is 17.1. The Morgan fingerprint density at radius 1 is 1.09 bits per heavy atom. The molecule has 1 atom stereocenters. The van der Waals surface area contributed by atoms with Crippen molar-refractivity contribution in [3.63, 3.8) is 0 Å². The first-order chi connectivity index (χ1) is 16.5. The number of nitrogens with one attached hydrogen (secondary N) is 1. The number of nitrogens with zero attached hydrogens (tertiary/aromatic N) is 4. The summed E-state index contributed by atoms with van der Waals surface area (Å²) >= 11 is 0. The first-order valence-electron chi connectivity index (χ1n) is 11.5. The zero-order chi connectivity index (χ0) is 25.0.